The molecule has 5 fully saturated rings. The van der Waals surface area contributed by atoms with Crippen LogP contribution in [0.3, 0.4) is 0 Å². The Bertz CT molecular complexity index is 458. The van der Waals surface area contributed by atoms with Gasteiger partial charge >= 0.3 is 0 Å². The number of aliphatic hydroxyl groups excluding tert-OH is 1. The van der Waals surface area contributed by atoms with Crippen LogP contribution in [-0.2, 0) is 24.0 Å². The zero-order valence-corrected chi connectivity index (χ0v) is 14.2. The summed E-state index contributed by atoms with van der Waals surface area (Å²) in [6, 6.07) is 0. The van der Waals surface area contributed by atoms with E-state index < -0.39 is 17.7 Å². The van der Waals surface area contributed by atoms with E-state index in [2.05, 4.69) is 13.8 Å². The highest BCUT2D eigenvalue weighted by Gasteiger charge is 2.69. The minimum absolute atomic E-state index is 0.00903. The van der Waals surface area contributed by atoms with E-state index in [0.717, 1.165) is 19.3 Å². The first-order valence-corrected chi connectivity index (χ1v) is 8.93. The van der Waals surface area contributed by atoms with Gasteiger partial charge in [-0.25, -0.2) is 9.78 Å². The molecule has 6 heteroatoms. The Morgan fingerprint density at radius 1 is 1.13 bits per heavy atom. The molecule has 23 heavy (non-hydrogen) atoms. The van der Waals surface area contributed by atoms with Crippen LogP contribution in [-0.4, -0.2) is 42.3 Å². The molecule has 6 nitrogen and oxygen atoms in total. The number of fused-ring (bicyclic) bond motifs is 2. The molecule has 1 saturated carbocycles. The molecule has 1 aliphatic carbocycles. The first-order valence-electron chi connectivity index (χ1n) is 8.93. The number of hydrogen-bond donors (Lipinski definition) is 1. The molecule has 4 saturated heterocycles. The Hall–Kier alpha value is -0.240. The molecule has 2 bridgehead atoms. The maximum absolute atomic E-state index is 9.06. The molecule has 0 radical (unpaired) electrons. The summed E-state index contributed by atoms with van der Waals surface area (Å²) in [4.78, 5) is 11.8. The van der Waals surface area contributed by atoms with Crippen LogP contribution in [0.25, 0.3) is 0 Å². The molecule has 0 aromatic rings. The van der Waals surface area contributed by atoms with Gasteiger partial charge in [0.2, 0.25) is 5.79 Å². The van der Waals surface area contributed by atoms with Crippen LogP contribution < -0.4 is 0 Å². The quantitative estimate of drug-likeness (QED) is 0.801. The fraction of sp³-hybridized carbons (Fsp3) is 1.00. The summed E-state index contributed by atoms with van der Waals surface area (Å²) >= 11 is 0. The van der Waals surface area contributed by atoms with Crippen LogP contribution in [0.5, 0.6) is 0 Å². The van der Waals surface area contributed by atoms with E-state index in [9.17, 15) is 0 Å². The highest BCUT2D eigenvalue weighted by Crippen LogP contribution is 2.60. The van der Waals surface area contributed by atoms with E-state index in [1.807, 2.05) is 6.92 Å². The van der Waals surface area contributed by atoms with Crippen molar-refractivity contribution < 1.29 is 29.1 Å². The second-order valence-electron chi connectivity index (χ2n) is 7.87. The maximum atomic E-state index is 9.06. The molecular weight excluding hydrogens is 300 g/mol. The normalized spacial score (nSPS) is 55.3. The molecule has 8 atom stereocenters. The van der Waals surface area contributed by atoms with E-state index in [-0.39, 0.29) is 31.3 Å². The highest BCUT2D eigenvalue weighted by atomic mass is 17.3. The van der Waals surface area contributed by atoms with Crippen molar-refractivity contribution >= 4 is 0 Å². The molecule has 1 N–H and O–H groups in total. The van der Waals surface area contributed by atoms with E-state index in [0.29, 0.717) is 11.8 Å². The van der Waals surface area contributed by atoms with Gasteiger partial charge in [-0.1, -0.05) is 13.8 Å². The van der Waals surface area contributed by atoms with Gasteiger partial charge in [-0.15, -0.1) is 0 Å². The lowest BCUT2D eigenvalue weighted by Gasteiger charge is -2.60. The number of hydrogen-bond acceptors (Lipinski definition) is 6. The molecule has 0 aromatic carbocycles. The third-order valence-corrected chi connectivity index (χ3v) is 6.47. The largest absolute Gasteiger partial charge is 0.394 e. The van der Waals surface area contributed by atoms with Crippen LogP contribution >= 0.6 is 0 Å². The van der Waals surface area contributed by atoms with Gasteiger partial charge in [-0.3, -0.25) is 0 Å². The van der Waals surface area contributed by atoms with Crippen LogP contribution in [0.15, 0.2) is 0 Å². The van der Waals surface area contributed by atoms with Crippen LogP contribution in [0.1, 0.15) is 46.5 Å². The fourth-order valence-electron chi connectivity index (χ4n) is 5.23. The van der Waals surface area contributed by atoms with Crippen molar-refractivity contribution in [2.45, 2.75) is 70.4 Å². The molecule has 5 aliphatic rings. The summed E-state index contributed by atoms with van der Waals surface area (Å²) in [5.74, 6) is 0.625. The molecule has 5 unspecified atom stereocenters. The molecule has 0 aromatic heterocycles. The van der Waals surface area contributed by atoms with Gasteiger partial charge in [0.05, 0.1) is 13.2 Å². The van der Waals surface area contributed by atoms with Crippen molar-refractivity contribution in [1.82, 2.24) is 0 Å². The lowest BCUT2D eigenvalue weighted by Crippen LogP contribution is -2.70. The third kappa shape index (κ3) is 2.30. The summed E-state index contributed by atoms with van der Waals surface area (Å²) in [7, 11) is 0. The van der Waals surface area contributed by atoms with E-state index >= 15 is 0 Å². The Balaban J connectivity index is 1.70. The second kappa shape index (κ2) is 5.64. The van der Waals surface area contributed by atoms with Gasteiger partial charge in [0.15, 0.2) is 18.2 Å². The SMILES string of the molecule is C[C@H]1C(OCCO)OC2O[C@]3(C)CCC4[C@H](C)CCC1C24OO3. The molecule has 4 heterocycles. The minimum Gasteiger partial charge on any atom is -0.394 e. The lowest BCUT2D eigenvalue weighted by molar-refractivity contribution is -0.577. The summed E-state index contributed by atoms with van der Waals surface area (Å²) < 4.78 is 18.2. The van der Waals surface area contributed by atoms with Crippen LogP contribution in [0.4, 0.5) is 0 Å². The van der Waals surface area contributed by atoms with Crippen molar-refractivity contribution in [1.29, 1.82) is 0 Å². The molecule has 1 spiro atoms. The first kappa shape index (κ1) is 16.2. The molecule has 0 amide bonds. The predicted molar refractivity (Wildman–Crippen MR) is 79.9 cm³/mol. The maximum Gasteiger partial charge on any atom is 0.201 e. The van der Waals surface area contributed by atoms with E-state index in [4.69, 9.17) is 29.1 Å². The first-order chi connectivity index (χ1) is 11.0. The van der Waals surface area contributed by atoms with Gasteiger partial charge in [-0.05, 0) is 38.0 Å². The standard InChI is InChI=1S/C17H28O6/c1-10-4-5-13-11(2)14(19-9-8-18)20-15-17(13)12(10)6-7-16(3,21-15)22-23-17/h10-15,18H,4-9H2,1-3H3/t10-,11-,12?,13?,14?,15?,16+,17?/m1/s1. The van der Waals surface area contributed by atoms with Crippen molar-refractivity contribution in [2.75, 3.05) is 13.2 Å². The number of rotatable bonds is 3. The zero-order chi connectivity index (χ0) is 16.2. The Kier molecular flexibility index (Phi) is 3.99. The van der Waals surface area contributed by atoms with Gasteiger partial charge in [0.1, 0.15) is 0 Å². The fourth-order valence-corrected chi connectivity index (χ4v) is 5.23. The molecule has 132 valence electrons. The topological polar surface area (TPSA) is 66.4 Å². The molecule has 5 rings (SSSR count). The number of aliphatic hydroxyl groups is 1. The third-order valence-electron chi connectivity index (χ3n) is 6.47. The highest BCUT2D eigenvalue weighted by molar-refractivity contribution is 5.09. The van der Waals surface area contributed by atoms with E-state index in [1.165, 1.54) is 6.42 Å². The average Bonchev–Trinajstić information content (AvgIpc) is 2.76. The Morgan fingerprint density at radius 3 is 2.74 bits per heavy atom. The molecular formula is C17H28O6. The minimum atomic E-state index is -0.750. The smallest absolute Gasteiger partial charge is 0.201 e. The van der Waals surface area contributed by atoms with Crippen molar-refractivity contribution in [3.05, 3.63) is 0 Å². The summed E-state index contributed by atoms with van der Waals surface area (Å²) in [5, 5.41) is 9.06. The van der Waals surface area contributed by atoms with Crippen molar-refractivity contribution in [2.24, 2.45) is 23.7 Å². The van der Waals surface area contributed by atoms with Crippen molar-refractivity contribution in [3.63, 3.8) is 0 Å². The average molecular weight is 328 g/mol. The van der Waals surface area contributed by atoms with Crippen molar-refractivity contribution in [3.8, 4) is 0 Å². The molecule has 4 aliphatic heterocycles. The van der Waals surface area contributed by atoms with Crippen LogP contribution in [0.2, 0.25) is 0 Å². The summed E-state index contributed by atoms with van der Waals surface area (Å²) in [6.07, 6.45) is 3.24. The lowest BCUT2D eigenvalue weighted by atomic mass is 9.58. The summed E-state index contributed by atoms with van der Waals surface area (Å²) in [5.41, 5.74) is -0.536. The monoisotopic (exact) mass is 328 g/mol. The van der Waals surface area contributed by atoms with Crippen LogP contribution in [0, 0.1) is 23.7 Å². The summed E-state index contributed by atoms with van der Waals surface area (Å²) in [6.45, 7) is 6.63. The Morgan fingerprint density at radius 2 is 1.96 bits per heavy atom. The van der Waals surface area contributed by atoms with Gasteiger partial charge in [0.25, 0.3) is 0 Å². The predicted octanol–water partition coefficient (Wildman–Crippen LogP) is 2.20. The number of ether oxygens (including phenoxy) is 3. The van der Waals surface area contributed by atoms with Gasteiger partial charge < -0.3 is 19.3 Å². The van der Waals surface area contributed by atoms with Gasteiger partial charge in [-0.2, -0.15) is 0 Å². The zero-order valence-electron chi connectivity index (χ0n) is 14.2. The van der Waals surface area contributed by atoms with Gasteiger partial charge in [0, 0.05) is 18.3 Å². The Labute approximate surface area is 137 Å². The van der Waals surface area contributed by atoms with E-state index in [1.54, 1.807) is 0 Å². The second-order valence-corrected chi connectivity index (χ2v) is 7.87.